The summed E-state index contributed by atoms with van der Waals surface area (Å²) >= 11 is 0. The summed E-state index contributed by atoms with van der Waals surface area (Å²) in [6.45, 7) is 4.38. The van der Waals surface area contributed by atoms with E-state index in [0.29, 0.717) is 17.8 Å². The summed E-state index contributed by atoms with van der Waals surface area (Å²) in [4.78, 5) is 13.7. The number of nitrogens with zero attached hydrogens (tertiary/aromatic N) is 4. The second-order valence-corrected chi connectivity index (χ2v) is 7.67. The number of carbonyl (C=O) groups excluding carboxylic acids is 1. The van der Waals surface area contributed by atoms with E-state index in [-0.39, 0.29) is 38.3 Å². The van der Waals surface area contributed by atoms with Crippen LogP contribution in [0.5, 0.6) is 0 Å². The number of aromatic nitrogens is 3. The molecule has 1 aromatic heterocycles. The number of hydrogen-bond acceptors (Lipinski definition) is 6. The van der Waals surface area contributed by atoms with Gasteiger partial charge in [-0.3, -0.25) is 4.79 Å². The van der Waals surface area contributed by atoms with Crippen LogP contribution < -0.4 is 0 Å². The lowest BCUT2D eigenvalue weighted by atomic mass is 9.99. The second-order valence-electron chi connectivity index (χ2n) is 7.67. The number of rotatable bonds is 6. The third-order valence-electron chi connectivity index (χ3n) is 5.48. The Morgan fingerprint density at radius 1 is 1.32 bits per heavy atom. The van der Waals surface area contributed by atoms with E-state index >= 15 is 0 Å². The lowest BCUT2D eigenvalue weighted by molar-refractivity contribution is -0.186. The third kappa shape index (κ3) is 4.34. The normalized spacial score (nSPS) is 22.9. The van der Waals surface area contributed by atoms with Crippen molar-refractivity contribution in [3.63, 3.8) is 0 Å². The smallest absolute Gasteiger partial charge is 0.379 e. The molecule has 166 valence electrons. The number of amides is 1. The van der Waals surface area contributed by atoms with Gasteiger partial charge in [0.2, 0.25) is 5.91 Å². The number of alkyl halides is 3. The van der Waals surface area contributed by atoms with Gasteiger partial charge in [-0.1, -0.05) is 23.9 Å². The zero-order chi connectivity index (χ0) is 22.2. The SMILES string of the molecule is C=CC(=O)N1CC(n2cc(C3(O)COC3)nn2)[C@H](OCc2ccc(C(F)(F)F)cc2)C1. The van der Waals surface area contributed by atoms with Crippen LogP contribution in [0.15, 0.2) is 43.1 Å². The van der Waals surface area contributed by atoms with Gasteiger partial charge >= 0.3 is 6.18 Å². The van der Waals surface area contributed by atoms with Crippen LogP contribution >= 0.6 is 0 Å². The van der Waals surface area contributed by atoms with Crippen molar-refractivity contribution in [2.45, 2.75) is 30.5 Å². The van der Waals surface area contributed by atoms with Gasteiger partial charge in [-0.05, 0) is 23.8 Å². The Morgan fingerprint density at radius 2 is 2.03 bits per heavy atom. The molecular formula is C20H21F3N4O4. The highest BCUT2D eigenvalue weighted by molar-refractivity contribution is 5.87. The van der Waals surface area contributed by atoms with Gasteiger partial charge in [-0.25, -0.2) is 4.68 Å². The summed E-state index contributed by atoms with van der Waals surface area (Å²) < 4.78 is 50.8. The van der Waals surface area contributed by atoms with Crippen molar-refractivity contribution in [3.05, 3.63) is 59.9 Å². The van der Waals surface area contributed by atoms with Crippen LogP contribution in [0.3, 0.4) is 0 Å². The third-order valence-corrected chi connectivity index (χ3v) is 5.48. The lowest BCUT2D eigenvalue weighted by Crippen LogP contribution is -2.46. The Bertz CT molecular complexity index is 956. The first-order valence-electron chi connectivity index (χ1n) is 9.61. The van der Waals surface area contributed by atoms with E-state index in [1.807, 2.05) is 0 Å². The highest BCUT2D eigenvalue weighted by Gasteiger charge is 2.43. The molecule has 11 heteroatoms. The van der Waals surface area contributed by atoms with E-state index in [0.717, 1.165) is 12.1 Å². The maximum atomic E-state index is 12.7. The molecule has 2 saturated heterocycles. The van der Waals surface area contributed by atoms with Gasteiger partial charge in [-0.2, -0.15) is 13.2 Å². The molecule has 2 atom stereocenters. The Hall–Kier alpha value is -2.76. The van der Waals surface area contributed by atoms with Crippen molar-refractivity contribution in [1.82, 2.24) is 19.9 Å². The minimum absolute atomic E-state index is 0.0642. The molecule has 2 aromatic rings. The number of carbonyl (C=O) groups is 1. The van der Waals surface area contributed by atoms with E-state index in [1.165, 1.54) is 18.2 Å². The molecule has 0 radical (unpaired) electrons. The van der Waals surface area contributed by atoms with Gasteiger partial charge in [0.1, 0.15) is 5.69 Å². The standard InChI is InChI=1S/C20H21F3N4O4/c1-2-18(28)26-7-15(27-9-17(24-25-27)19(29)11-30-12-19)16(8-26)31-10-13-3-5-14(6-4-13)20(21,22)23/h2-6,9,15-16,29H,1,7-8,10-12H2/t15?,16-/m1/s1. The van der Waals surface area contributed by atoms with Crippen molar-refractivity contribution < 1.29 is 32.5 Å². The first-order chi connectivity index (χ1) is 14.7. The molecule has 1 amide bonds. The Balaban J connectivity index is 1.48. The minimum Gasteiger partial charge on any atom is -0.379 e. The maximum Gasteiger partial charge on any atom is 0.416 e. The molecule has 0 spiro atoms. The molecule has 2 aliphatic rings. The van der Waals surface area contributed by atoms with E-state index in [9.17, 15) is 23.1 Å². The number of likely N-dealkylation sites (tertiary alicyclic amines) is 1. The van der Waals surface area contributed by atoms with Crippen molar-refractivity contribution >= 4 is 5.91 Å². The molecule has 3 heterocycles. The van der Waals surface area contributed by atoms with Crippen LogP contribution in [0.1, 0.15) is 22.9 Å². The van der Waals surface area contributed by atoms with Crippen molar-refractivity contribution in [2.24, 2.45) is 0 Å². The van der Waals surface area contributed by atoms with Gasteiger partial charge < -0.3 is 19.5 Å². The highest BCUT2D eigenvalue weighted by atomic mass is 19.4. The molecule has 31 heavy (non-hydrogen) atoms. The fourth-order valence-corrected chi connectivity index (χ4v) is 3.57. The summed E-state index contributed by atoms with van der Waals surface area (Å²) in [5, 5.41) is 18.5. The van der Waals surface area contributed by atoms with E-state index < -0.39 is 23.4 Å². The Morgan fingerprint density at radius 3 is 2.61 bits per heavy atom. The van der Waals surface area contributed by atoms with Gasteiger partial charge in [0.25, 0.3) is 0 Å². The number of ether oxygens (including phenoxy) is 2. The zero-order valence-corrected chi connectivity index (χ0v) is 16.5. The summed E-state index contributed by atoms with van der Waals surface area (Å²) in [5.41, 5.74) is -0.968. The van der Waals surface area contributed by atoms with Gasteiger partial charge in [0, 0.05) is 13.1 Å². The molecule has 2 fully saturated rings. The predicted octanol–water partition coefficient (Wildman–Crippen LogP) is 1.67. The quantitative estimate of drug-likeness (QED) is 0.691. The highest BCUT2D eigenvalue weighted by Crippen LogP contribution is 2.31. The lowest BCUT2D eigenvalue weighted by Gasteiger charge is -2.34. The number of hydrogen-bond donors (Lipinski definition) is 1. The summed E-state index contributed by atoms with van der Waals surface area (Å²) in [6.07, 6.45) is -2.07. The van der Waals surface area contributed by atoms with E-state index in [4.69, 9.17) is 9.47 Å². The van der Waals surface area contributed by atoms with Gasteiger partial charge in [0.05, 0.1) is 43.7 Å². The first-order valence-corrected chi connectivity index (χ1v) is 9.61. The molecule has 1 N–H and O–H groups in total. The topological polar surface area (TPSA) is 89.7 Å². The summed E-state index contributed by atoms with van der Waals surface area (Å²) in [6, 6.07) is 4.34. The zero-order valence-electron chi connectivity index (χ0n) is 16.5. The fraction of sp³-hybridized carbons (Fsp3) is 0.450. The van der Waals surface area contributed by atoms with Crippen LogP contribution in [0.25, 0.3) is 0 Å². The molecular weight excluding hydrogens is 417 g/mol. The Labute approximate surface area is 175 Å². The molecule has 8 nitrogen and oxygen atoms in total. The molecule has 2 aliphatic heterocycles. The van der Waals surface area contributed by atoms with Gasteiger partial charge in [-0.15, -0.1) is 5.10 Å². The molecule has 4 rings (SSSR count). The average Bonchev–Trinajstić information content (AvgIpc) is 3.37. The largest absolute Gasteiger partial charge is 0.416 e. The van der Waals surface area contributed by atoms with E-state index in [2.05, 4.69) is 16.9 Å². The fourth-order valence-electron chi connectivity index (χ4n) is 3.57. The number of aliphatic hydroxyl groups is 1. The average molecular weight is 438 g/mol. The minimum atomic E-state index is -4.40. The maximum absolute atomic E-state index is 12.7. The molecule has 1 unspecified atom stereocenters. The molecule has 0 saturated carbocycles. The number of halogens is 3. The Kier molecular flexibility index (Phi) is 5.58. The van der Waals surface area contributed by atoms with Crippen LogP contribution in [-0.2, 0) is 32.7 Å². The van der Waals surface area contributed by atoms with Crippen LogP contribution in [-0.4, -0.2) is 63.3 Å². The van der Waals surface area contributed by atoms with Crippen LogP contribution in [0.2, 0.25) is 0 Å². The summed E-state index contributed by atoms with van der Waals surface area (Å²) in [5.74, 6) is -0.267. The predicted molar refractivity (Wildman–Crippen MR) is 101 cm³/mol. The molecule has 1 aromatic carbocycles. The van der Waals surface area contributed by atoms with Crippen molar-refractivity contribution in [3.8, 4) is 0 Å². The van der Waals surface area contributed by atoms with Crippen LogP contribution in [0.4, 0.5) is 13.2 Å². The molecule has 0 bridgehead atoms. The van der Waals surface area contributed by atoms with Gasteiger partial charge in [0.15, 0.2) is 5.60 Å². The van der Waals surface area contributed by atoms with Crippen molar-refractivity contribution in [1.29, 1.82) is 0 Å². The summed E-state index contributed by atoms with van der Waals surface area (Å²) in [7, 11) is 0. The molecule has 0 aliphatic carbocycles. The first kappa shape index (κ1) is 21.5. The van der Waals surface area contributed by atoms with E-state index in [1.54, 1.807) is 15.8 Å². The number of benzene rings is 1. The van der Waals surface area contributed by atoms with Crippen LogP contribution in [0, 0.1) is 0 Å². The second kappa shape index (κ2) is 8.06. The van der Waals surface area contributed by atoms with Crippen molar-refractivity contribution in [2.75, 3.05) is 26.3 Å². The monoisotopic (exact) mass is 438 g/mol.